The number of aryl methyl sites for hydroxylation is 1. The van der Waals surface area contributed by atoms with Gasteiger partial charge in [0.25, 0.3) is 5.91 Å². The van der Waals surface area contributed by atoms with Gasteiger partial charge in [-0.25, -0.2) is 0 Å². The minimum Gasteiger partial charge on any atom is -0.352 e. The Balaban J connectivity index is 2.44. The van der Waals surface area contributed by atoms with Gasteiger partial charge in [-0.05, 0) is 49.4 Å². The lowest BCUT2D eigenvalue weighted by Crippen LogP contribution is -2.24. The molecule has 94 valence electrons. The smallest absolute Gasteiger partial charge is 0.251 e. The van der Waals surface area contributed by atoms with E-state index in [1.165, 1.54) is 0 Å². The fourth-order valence-electron chi connectivity index (χ4n) is 1.60. The molecule has 1 aromatic rings. The molecular weight excluding hydrogens is 234 g/mol. The predicted molar refractivity (Wildman–Crippen MR) is 72.6 cm³/mol. The van der Waals surface area contributed by atoms with E-state index < -0.39 is 0 Å². The van der Waals surface area contributed by atoms with Crippen LogP contribution in [0.2, 0.25) is 5.02 Å². The molecule has 1 N–H and O–H groups in total. The number of halogens is 1. The minimum atomic E-state index is -0.0199. The second kappa shape index (κ2) is 6.65. The van der Waals surface area contributed by atoms with Gasteiger partial charge in [0.2, 0.25) is 0 Å². The van der Waals surface area contributed by atoms with Crippen molar-refractivity contribution < 1.29 is 4.79 Å². The third-order valence-corrected chi connectivity index (χ3v) is 3.09. The quantitative estimate of drug-likeness (QED) is 0.795. The Hall–Kier alpha value is -1.02. The van der Waals surface area contributed by atoms with Crippen LogP contribution in [0.15, 0.2) is 18.2 Å². The lowest BCUT2D eigenvalue weighted by Gasteiger charge is -2.07. The Morgan fingerprint density at radius 1 is 1.41 bits per heavy atom. The molecule has 0 heterocycles. The first kappa shape index (κ1) is 14.0. The van der Waals surface area contributed by atoms with Gasteiger partial charge in [-0.2, -0.15) is 0 Å². The van der Waals surface area contributed by atoms with Crippen molar-refractivity contribution in [1.82, 2.24) is 5.32 Å². The highest BCUT2D eigenvalue weighted by molar-refractivity contribution is 6.31. The number of benzene rings is 1. The number of carbonyl (C=O) groups excluding carboxylic acids is 1. The number of rotatable bonds is 5. The molecule has 17 heavy (non-hydrogen) atoms. The van der Waals surface area contributed by atoms with Crippen LogP contribution in [0.1, 0.15) is 42.6 Å². The maximum Gasteiger partial charge on any atom is 0.251 e. The molecule has 3 heteroatoms. The highest BCUT2D eigenvalue weighted by Crippen LogP contribution is 2.16. The van der Waals surface area contributed by atoms with E-state index in [1.807, 2.05) is 13.0 Å². The molecule has 0 saturated carbocycles. The molecule has 0 aliphatic rings. The van der Waals surface area contributed by atoms with E-state index in [1.54, 1.807) is 12.1 Å². The summed E-state index contributed by atoms with van der Waals surface area (Å²) in [5.74, 6) is 0.665. The molecule has 0 unspecified atom stereocenters. The van der Waals surface area contributed by atoms with Crippen molar-refractivity contribution in [2.45, 2.75) is 33.6 Å². The van der Waals surface area contributed by atoms with Crippen LogP contribution in [0.3, 0.4) is 0 Å². The van der Waals surface area contributed by atoms with Gasteiger partial charge < -0.3 is 5.32 Å². The van der Waals surface area contributed by atoms with Crippen LogP contribution in [-0.4, -0.2) is 12.5 Å². The summed E-state index contributed by atoms with van der Waals surface area (Å²) in [6.45, 7) is 7.01. The highest BCUT2D eigenvalue weighted by Gasteiger charge is 2.06. The van der Waals surface area contributed by atoms with Gasteiger partial charge >= 0.3 is 0 Å². The van der Waals surface area contributed by atoms with E-state index in [4.69, 9.17) is 11.6 Å². The Kier molecular flexibility index (Phi) is 5.49. The third-order valence-electron chi connectivity index (χ3n) is 2.66. The SMILES string of the molecule is Cc1cc(C(=O)NCCCC(C)C)ccc1Cl. The van der Waals surface area contributed by atoms with Crippen LogP contribution in [0, 0.1) is 12.8 Å². The van der Waals surface area contributed by atoms with Crippen molar-refractivity contribution >= 4 is 17.5 Å². The molecule has 1 aromatic carbocycles. The summed E-state index contributed by atoms with van der Waals surface area (Å²) in [7, 11) is 0. The van der Waals surface area contributed by atoms with Gasteiger partial charge in [0.15, 0.2) is 0 Å². The molecule has 2 nitrogen and oxygen atoms in total. The van der Waals surface area contributed by atoms with Crippen LogP contribution >= 0.6 is 11.6 Å². The van der Waals surface area contributed by atoms with E-state index in [9.17, 15) is 4.79 Å². The van der Waals surface area contributed by atoms with E-state index in [-0.39, 0.29) is 5.91 Å². The summed E-state index contributed by atoms with van der Waals surface area (Å²) in [4.78, 5) is 11.8. The first-order valence-electron chi connectivity index (χ1n) is 6.05. The molecule has 0 spiro atoms. The van der Waals surface area contributed by atoms with Crippen LogP contribution in [0.4, 0.5) is 0 Å². The number of hydrogen-bond donors (Lipinski definition) is 1. The fourth-order valence-corrected chi connectivity index (χ4v) is 1.72. The summed E-state index contributed by atoms with van der Waals surface area (Å²) in [6, 6.07) is 5.34. The summed E-state index contributed by atoms with van der Waals surface area (Å²) in [5.41, 5.74) is 1.61. The average Bonchev–Trinajstić information content (AvgIpc) is 2.27. The monoisotopic (exact) mass is 253 g/mol. The summed E-state index contributed by atoms with van der Waals surface area (Å²) < 4.78 is 0. The Morgan fingerprint density at radius 3 is 2.71 bits per heavy atom. The molecule has 0 atom stereocenters. The zero-order valence-electron chi connectivity index (χ0n) is 10.7. The van der Waals surface area contributed by atoms with Crippen LogP contribution < -0.4 is 5.32 Å². The second-order valence-corrected chi connectivity index (χ2v) is 5.16. The molecule has 0 bridgehead atoms. The van der Waals surface area contributed by atoms with E-state index in [2.05, 4.69) is 19.2 Å². The topological polar surface area (TPSA) is 29.1 Å². The molecule has 0 saturated heterocycles. The highest BCUT2D eigenvalue weighted by atomic mass is 35.5. The maximum absolute atomic E-state index is 11.8. The van der Waals surface area contributed by atoms with Gasteiger partial charge in [0.05, 0.1) is 0 Å². The van der Waals surface area contributed by atoms with E-state index in [0.717, 1.165) is 24.9 Å². The molecule has 0 aliphatic heterocycles. The van der Waals surface area contributed by atoms with Crippen LogP contribution in [0.25, 0.3) is 0 Å². The lowest BCUT2D eigenvalue weighted by molar-refractivity contribution is 0.0952. The van der Waals surface area contributed by atoms with Crippen LogP contribution in [0.5, 0.6) is 0 Å². The number of amides is 1. The lowest BCUT2D eigenvalue weighted by atomic mass is 10.1. The van der Waals surface area contributed by atoms with Gasteiger partial charge in [0.1, 0.15) is 0 Å². The standard InChI is InChI=1S/C14H20ClNO/c1-10(2)5-4-8-16-14(17)12-6-7-13(15)11(3)9-12/h6-7,9-10H,4-5,8H2,1-3H3,(H,16,17). The summed E-state index contributed by atoms with van der Waals surface area (Å²) in [6.07, 6.45) is 2.16. The van der Waals surface area contributed by atoms with Crippen molar-refractivity contribution in [3.63, 3.8) is 0 Å². The normalized spacial score (nSPS) is 10.6. The largest absolute Gasteiger partial charge is 0.352 e. The van der Waals surface area contributed by atoms with Crippen molar-refractivity contribution in [3.05, 3.63) is 34.3 Å². The Morgan fingerprint density at radius 2 is 2.12 bits per heavy atom. The molecule has 1 amide bonds. The van der Waals surface area contributed by atoms with Gasteiger partial charge in [-0.1, -0.05) is 25.4 Å². The summed E-state index contributed by atoms with van der Waals surface area (Å²) in [5, 5.41) is 3.61. The molecule has 0 radical (unpaired) electrons. The van der Waals surface area contributed by atoms with Crippen molar-refractivity contribution in [2.75, 3.05) is 6.54 Å². The van der Waals surface area contributed by atoms with E-state index in [0.29, 0.717) is 16.5 Å². The number of nitrogens with one attached hydrogen (secondary N) is 1. The zero-order valence-corrected chi connectivity index (χ0v) is 11.5. The van der Waals surface area contributed by atoms with Gasteiger partial charge in [-0.3, -0.25) is 4.79 Å². The molecule has 0 aliphatic carbocycles. The van der Waals surface area contributed by atoms with Gasteiger partial charge in [0, 0.05) is 17.1 Å². The van der Waals surface area contributed by atoms with E-state index >= 15 is 0 Å². The van der Waals surface area contributed by atoms with Crippen LogP contribution in [-0.2, 0) is 0 Å². The second-order valence-electron chi connectivity index (χ2n) is 4.76. The number of hydrogen-bond acceptors (Lipinski definition) is 1. The summed E-state index contributed by atoms with van der Waals surface area (Å²) >= 11 is 5.92. The van der Waals surface area contributed by atoms with Gasteiger partial charge in [-0.15, -0.1) is 0 Å². The third kappa shape index (κ3) is 4.78. The van der Waals surface area contributed by atoms with Crippen molar-refractivity contribution in [3.8, 4) is 0 Å². The molecule has 1 rings (SSSR count). The zero-order chi connectivity index (χ0) is 12.8. The first-order chi connectivity index (χ1) is 8.00. The minimum absolute atomic E-state index is 0.0199. The van der Waals surface area contributed by atoms with Crippen molar-refractivity contribution in [1.29, 1.82) is 0 Å². The fraction of sp³-hybridized carbons (Fsp3) is 0.500. The molecule has 0 aromatic heterocycles. The molecule has 0 fully saturated rings. The Bertz CT molecular complexity index is 388. The first-order valence-corrected chi connectivity index (χ1v) is 6.43. The average molecular weight is 254 g/mol. The molecular formula is C14H20ClNO. The maximum atomic E-state index is 11.8. The predicted octanol–water partition coefficient (Wildman–Crippen LogP) is 3.81. The number of carbonyl (C=O) groups is 1. The van der Waals surface area contributed by atoms with Crippen molar-refractivity contribution in [2.24, 2.45) is 5.92 Å². The Labute approximate surface area is 108 Å².